The summed E-state index contributed by atoms with van der Waals surface area (Å²) in [7, 11) is 0. The van der Waals surface area contributed by atoms with Crippen LogP contribution in [-0.2, 0) is 6.42 Å². The fraction of sp³-hybridized carbons (Fsp3) is 0.500. The molecule has 0 aliphatic carbocycles. The lowest BCUT2D eigenvalue weighted by atomic mass is 9.94. The minimum Gasteiger partial charge on any atom is -0.494 e. The van der Waals surface area contributed by atoms with Crippen molar-refractivity contribution in [3.05, 3.63) is 23.8 Å². The van der Waals surface area contributed by atoms with Gasteiger partial charge in [0.25, 0.3) is 0 Å². The molecule has 1 aliphatic rings. The summed E-state index contributed by atoms with van der Waals surface area (Å²) in [6.07, 6.45) is 0.930. The lowest BCUT2D eigenvalue weighted by Crippen LogP contribution is -2.25. The number of hydrogen-bond donors (Lipinski definition) is 2. The smallest absolute Gasteiger partial charge is 0.119 e. The summed E-state index contributed by atoms with van der Waals surface area (Å²) in [6.45, 7) is 3.77. The van der Waals surface area contributed by atoms with Crippen LogP contribution in [0.15, 0.2) is 18.2 Å². The van der Waals surface area contributed by atoms with E-state index in [4.69, 9.17) is 9.84 Å². The number of aliphatic hydroxyl groups is 1. The number of benzene rings is 1. The fourth-order valence-corrected chi connectivity index (χ4v) is 1.93. The minimum atomic E-state index is 0.241. The monoisotopic (exact) mass is 207 g/mol. The van der Waals surface area contributed by atoms with Gasteiger partial charge in [-0.25, -0.2) is 0 Å². The molecule has 1 heterocycles. The van der Waals surface area contributed by atoms with Crippen molar-refractivity contribution in [3.63, 3.8) is 0 Å². The molecule has 3 nitrogen and oxygen atoms in total. The molecule has 0 saturated carbocycles. The van der Waals surface area contributed by atoms with Crippen LogP contribution in [0.5, 0.6) is 5.75 Å². The molecule has 82 valence electrons. The number of anilines is 1. The maximum Gasteiger partial charge on any atom is 0.119 e. The van der Waals surface area contributed by atoms with Crippen molar-refractivity contribution in [2.75, 3.05) is 25.1 Å². The van der Waals surface area contributed by atoms with Gasteiger partial charge in [0, 0.05) is 24.8 Å². The Balaban J connectivity index is 2.19. The van der Waals surface area contributed by atoms with Gasteiger partial charge in [0.1, 0.15) is 5.75 Å². The third-order valence-corrected chi connectivity index (χ3v) is 2.74. The van der Waals surface area contributed by atoms with Crippen LogP contribution >= 0.6 is 0 Å². The van der Waals surface area contributed by atoms with Gasteiger partial charge < -0.3 is 15.2 Å². The second-order valence-electron chi connectivity index (χ2n) is 3.89. The van der Waals surface area contributed by atoms with Crippen LogP contribution in [0.4, 0.5) is 5.69 Å². The Kier molecular flexibility index (Phi) is 3.11. The maximum absolute atomic E-state index is 9.12. The number of fused-ring (bicyclic) bond motifs is 1. The zero-order valence-electron chi connectivity index (χ0n) is 8.99. The Hall–Kier alpha value is -1.22. The van der Waals surface area contributed by atoms with E-state index in [0.717, 1.165) is 18.7 Å². The molecule has 0 spiro atoms. The highest BCUT2D eigenvalue weighted by Gasteiger charge is 2.17. The number of nitrogens with one attached hydrogen (secondary N) is 1. The second kappa shape index (κ2) is 4.53. The fourth-order valence-electron chi connectivity index (χ4n) is 1.93. The molecule has 1 unspecified atom stereocenters. The van der Waals surface area contributed by atoms with Crippen LogP contribution in [0, 0.1) is 5.92 Å². The van der Waals surface area contributed by atoms with Crippen LogP contribution < -0.4 is 10.1 Å². The van der Waals surface area contributed by atoms with Gasteiger partial charge in [-0.3, -0.25) is 0 Å². The van der Waals surface area contributed by atoms with Gasteiger partial charge in [-0.2, -0.15) is 0 Å². The van der Waals surface area contributed by atoms with Gasteiger partial charge in [0.05, 0.1) is 6.61 Å². The van der Waals surface area contributed by atoms with E-state index in [0.29, 0.717) is 12.5 Å². The Labute approximate surface area is 90.1 Å². The molecule has 1 atom stereocenters. The van der Waals surface area contributed by atoms with Gasteiger partial charge in [0.2, 0.25) is 0 Å². The van der Waals surface area contributed by atoms with Gasteiger partial charge in [-0.15, -0.1) is 0 Å². The van der Waals surface area contributed by atoms with E-state index >= 15 is 0 Å². The maximum atomic E-state index is 9.12. The van der Waals surface area contributed by atoms with Crippen molar-refractivity contribution in [2.24, 2.45) is 5.92 Å². The molecule has 0 bridgehead atoms. The highest BCUT2D eigenvalue weighted by atomic mass is 16.5. The van der Waals surface area contributed by atoms with Crippen LogP contribution in [-0.4, -0.2) is 24.9 Å². The summed E-state index contributed by atoms with van der Waals surface area (Å²) in [5, 5.41) is 12.4. The van der Waals surface area contributed by atoms with Crippen LogP contribution in [0.2, 0.25) is 0 Å². The number of rotatable bonds is 3. The molecule has 0 amide bonds. The van der Waals surface area contributed by atoms with Crippen LogP contribution in [0.3, 0.4) is 0 Å². The first-order chi connectivity index (χ1) is 7.33. The van der Waals surface area contributed by atoms with E-state index in [1.54, 1.807) is 0 Å². The molecular weight excluding hydrogens is 190 g/mol. The minimum absolute atomic E-state index is 0.241. The topological polar surface area (TPSA) is 41.5 Å². The molecule has 0 aromatic heterocycles. The van der Waals surface area contributed by atoms with Crippen molar-refractivity contribution >= 4 is 5.69 Å². The van der Waals surface area contributed by atoms with Crippen molar-refractivity contribution in [2.45, 2.75) is 13.3 Å². The zero-order chi connectivity index (χ0) is 10.7. The zero-order valence-corrected chi connectivity index (χ0v) is 8.99. The largest absolute Gasteiger partial charge is 0.494 e. The summed E-state index contributed by atoms with van der Waals surface area (Å²) in [5.41, 5.74) is 2.41. The molecule has 3 heteroatoms. The summed E-state index contributed by atoms with van der Waals surface area (Å²) >= 11 is 0. The van der Waals surface area contributed by atoms with Crippen molar-refractivity contribution in [1.29, 1.82) is 0 Å². The van der Waals surface area contributed by atoms with Gasteiger partial charge in [0.15, 0.2) is 0 Å². The first-order valence-corrected chi connectivity index (χ1v) is 5.44. The lowest BCUT2D eigenvalue weighted by Gasteiger charge is -2.25. The molecule has 15 heavy (non-hydrogen) atoms. The van der Waals surface area contributed by atoms with E-state index in [2.05, 4.69) is 11.4 Å². The van der Waals surface area contributed by atoms with Crippen molar-refractivity contribution in [3.8, 4) is 5.75 Å². The molecule has 0 radical (unpaired) electrons. The SMILES string of the molecule is CCOc1ccc2c(c1)CC(CO)CN2. The Morgan fingerprint density at radius 2 is 2.40 bits per heavy atom. The predicted octanol–water partition coefficient (Wildman–Crippen LogP) is 1.66. The second-order valence-corrected chi connectivity index (χ2v) is 3.89. The third kappa shape index (κ3) is 2.23. The molecule has 0 saturated heterocycles. The molecule has 1 aromatic carbocycles. The summed E-state index contributed by atoms with van der Waals surface area (Å²) in [6, 6.07) is 6.09. The standard InChI is InChI=1S/C12H17NO2/c1-2-15-11-3-4-12-10(6-11)5-9(8-14)7-13-12/h3-4,6,9,13-14H,2,5,7-8H2,1H3. The summed E-state index contributed by atoms with van der Waals surface area (Å²) in [4.78, 5) is 0. The predicted molar refractivity (Wildman–Crippen MR) is 60.4 cm³/mol. The third-order valence-electron chi connectivity index (χ3n) is 2.74. The number of aliphatic hydroxyl groups excluding tert-OH is 1. The first-order valence-electron chi connectivity index (χ1n) is 5.44. The van der Waals surface area contributed by atoms with Gasteiger partial charge in [-0.1, -0.05) is 0 Å². The quantitative estimate of drug-likeness (QED) is 0.792. The Bertz CT molecular complexity index is 338. The Morgan fingerprint density at radius 3 is 3.13 bits per heavy atom. The van der Waals surface area contributed by atoms with E-state index in [9.17, 15) is 0 Å². The lowest BCUT2D eigenvalue weighted by molar-refractivity contribution is 0.230. The van der Waals surface area contributed by atoms with Crippen molar-refractivity contribution in [1.82, 2.24) is 0 Å². The van der Waals surface area contributed by atoms with Crippen molar-refractivity contribution < 1.29 is 9.84 Å². The highest BCUT2D eigenvalue weighted by molar-refractivity contribution is 5.56. The average Bonchev–Trinajstić information content (AvgIpc) is 2.28. The van der Waals surface area contributed by atoms with Crippen LogP contribution in [0.1, 0.15) is 12.5 Å². The average molecular weight is 207 g/mol. The molecule has 0 fully saturated rings. The summed E-state index contributed by atoms with van der Waals surface area (Å²) in [5.74, 6) is 1.24. The van der Waals surface area contributed by atoms with E-state index in [1.807, 2.05) is 19.1 Å². The van der Waals surface area contributed by atoms with E-state index < -0.39 is 0 Å². The highest BCUT2D eigenvalue weighted by Crippen LogP contribution is 2.28. The number of ether oxygens (including phenoxy) is 1. The number of hydrogen-bond acceptors (Lipinski definition) is 3. The van der Waals surface area contributed by atoms with E-state index in [-0.39, 0.29) is 6.61 Å². The van der Waals surface area contributed by atoms with E-state index in [1.165, 1.54) is 11.3 Å². The normalized spacial score (nSPS) is 19.2. The van der Waals surface area contributed by atoms with Gasteiger partial charge in [-0.05, 0) is 37.1 Å². The molecule has 2 N–H and O–H groups in total. The summed E-state index contributed by atoms with van der Waals surface area (Å²) < 4.78 is 5.45. The molecular formula is C12H17NO2. The Morgan fingerprint density at radius 1 is 1.53 bits per heavy atom. The first kappa shape index (κ1) is 10.3. The van der Waals surface area contributed by atoms with Crippen LogP contribution in [0.25, 0.3) is 0 Å². The molecule has 1 aromatic rings. The molecule has 2 rings (SSSR count). The van der Waals surface area contributed by atoms with Gasteiger partial charge >= 0.3 is 0 Å². The molecule has 1 aliphatic heterocycles.